The summed E-state index contributed by atoms with van der Waals surface area (Å²) in [6, 6.07) is 14.7. The number of nitrogens with zero attached hydrogens (tertiary/aromatic N) is 2. The molecule has 1 amide bonds. The number of nitrogens with two attached hydrogens (primary N) is 1. The fourth-order valence-corrected chi connectivity index (χ4v) is 6.28. The van der Waals surface area contributed by atoms with Gasteiger partial charge < -0.3 is 20.3 Å². The van der Waals surface area contributed by atoms with Crippen molar-refractivity contribution in [1.29, 1.82) is 0 Å². The van der Waals surface area contributed by atoms with Crippen molar-refractivity contribution >= 4 is 23.2 Å². The van der Waals surface area contributed by atoms with Gasteiger partial charge in [-0.2, -0.15) is 0 Å². The predicted octanol–water partition coefficient (Wildman–Crippen LogP) is 5.58. The third kappa shape index (κ3) is 4.65. The lowest BCUT2D eigenvalue weighted by atomic mass is 9.87. The highest BCUT2D eigenvalue weighted by atomic mass is 35.5. The first kappa shape index (κ1) is 23.5. The van der Waals surface area contributed by atoms with Crippen molar-refractivity contribution in [2.45, 2.75) is 64.0 Å². The molecule has 1 saturated carbocycles. The van der Waals surface area contributed by atoms with Gasteiger partial charge in [0.2, 0.25) is 0 Å². The molecule has 3 fully saturated rings. The molecule has 6 heteroatoms. The number of ether oxygens (including phenoxy) is 1. The van der Waals surface area contributed by atoms with Crippen molar-refractivity contribution in [3.05, 3.63) is 58.6 Å². The molecule has 5 rings (SSSR count). The molecule has 2 aliphatic heterocycles. The zero-order chi connectivity index (χ0) is 23.9. The number of amides is 1. The van der Waals surface area contributed by atoms with E-state index in [0.717, 1.165) is 31.7 Å². The lowest BCUT2D eigenvalue weighted by Gasteiger charge is -2.42. The van der Waals surface area contributed by atoms with Crippen LogP contribution in [-0.2, 0) is 0 Å². The quantitative estimate of drug-likeness (QED) is 0.566. The summed E-state index contributed by atoms with van der Waals surface area (Å²) in [4.78, 5) is 17.6. The molecule has 0 bridgehead atoms. The predicted molar refractivity (Wildman–Crippen MR) is 138 cm³/mol. The summed E-state index contributed by atoms with van der Waals surface area (Å²) in [5.41, 5.74) is 8.84. The van der Waals surface area contributed by atoms with Gasteiger partial charge in [0.15, 0.2) is 0 Å². The average Bonchev–Trinajstić information content (AvgIpc) is 3.54. The maximum absolute atomic E-state index is 13.0. The van der Waals surface area contributed by atoms with E-state index < -0.39 is 0 Å². The topological polar surface area (TPSA) is 58.8 Å². The first-order valence-corrected chi connectivity index (χ1v) is 13.1. The van der Waals surface area contributed by atoms with Crippen molar-refractivity contribution in [1.82, 2.24) is 9.80 Å². The maximum atomic E-state index is 13.0. The zero-order valence-electron chi connectivity index (χ0n) is 20.3. The Morgan fingerprint density at radius 2 is 1.74 bits per heavy atom. The van der Waals surface area contributed by atoms with Crippen molar-refractivity contribution in [3.63, 3.8) is 0 Å². The van der Waals surface area contributed by atoms with Crippen molar-refractivity contribution < 1.29 is 9.53 Å². The van der Waals surface area contributed by atoms with E-state index in [4.69, 9.17) is 22.1 Å². The van der Waals surface area contributed by atoms with Gasteiger partial charge in [-0.3, -0.25) is 4.79 Å². The largest absolute Gasteiger partial charge is 0.491 e. The Bertz CT molecular complexity index is 1020. The number of carbonyl (C=O) groups excluding carboxylic acids is 1. The van der Waals surface area contributed by atoms with E-state index in [-0.39, 0.29) is 12.0 Å². The van der Waals surface area contributed by atoms with Crippen LogP contribution < -0.4 is 10.5 Å². The highest BCUT2D eigenvalue weighted by Gasteiger charge is 2.55. The van der Waals surface area contributed by atoms with E-state index in [0.29, 0.717) is 33.6 Å². The van der Waals surface area contributed by atoms with Gasteiger partial charge >= 0.3 is 0 Å². The summed E-state index contributed by atoms with van der Waals surface area (Å²) >= 11 is 6.29. The van der Waals surface area contributed by atoms with E-state index in [2.05, 4.69) is 43.0 Å². The number of rotatable bonds is 5. The van der Waals surface area contributed by atoms with E-state index in [1.54, 1.807) is 18.2 Å². The summed E-state index contributed by atoms with van der Waals surface area (Å²) < 4.78 is 5.80. The highest BCUT2D eigenvalue weighted by molar-refractivity contribution is 6.36. The number of piperidine rings is 2. The Morgan fingerprint density at radius 1 is 1.06 bits per heavy atom. The summed E-state index contributed by atoms with van der Waals surface area (Å²) in [7, 11) is 0. The molecule has 1 atom stereocenters. The minimum Gasteiger partial charge on any atom is -0.491 e. The first-order chi connectivity index (χ1) is 16.4. The lowest BCUT2D eigenvalue weighted by molar-refractivity contribution is 0.0532. The van der Waals surface area contributed by atoms with Crippen LogP contribution in [0.25, 0.3) is 0 Å². The van der Waals surface area contributed by atoms with E-state index in [1.165, 1.54) is 37.9 Å². The van der Waals surface area contributed by atoms with Gasteiger partial charge in [-0.1, -0.05) is 29.8 Å². The van der Waals surface area contributed by atoms with Crippen molar-refractivity contribution in [2.24, 2.45) is 5.41 Å². The Kier molecular flexibility index (Phi) is 6.51. The van der Waals surface area contributed by atoms with Crippen LogP contribution in [0, 0.1) is 5.41 Å². The second-order valence-electron chi connectivity index (χ2n) is 10.6. The van der Waals surface area contributed by atoms with Gasteiger partial charge in [-0.05, 0) is 100 Å². The number of likely N-dealkylation sites (tertiary alicyclic amines) is 2. The van der Waals surface area contributed by atoms with Crippen LogP contribution in [0.3, 0.4) is 0 Å². The second-order valence-corrected chi connectivity index (χ2v) is 11.0. The standard InChI is InChI=1S/C28H36ClN3O2/c1-19(2)34-22-8-6-20(7-9-22)24-18-28(24)12-16-31(17-13-28)21-10-14-32(15-11-21)27(33)23-4-3-5-25(30)26(23)29/h3-9,19,21,24H,10-18,30H2,1-2H3. The lowest BCUT2D eigenvalue weighted by Crippen LogP contribution is -2.49. The molecule has 34 heavy (non-hydrogen) atoms. The van der Waals surface area contributed by atoms with Gasteiger partial charge in [0.25, 0.3) is 5.91 Å². The van der Waals surface area contributed by atoms with E-state index >= 15 is 0 Å². The number of carbonyl (C=O) groups is 1. The van der Waals surface area contributed by atoms with E-state index in [9.17, 15) is 4.79 Å². The molecule has 2 heterocycles. The Hall–Kier alpha value is -2.24. The third-order valence-electron chi connectivity index (χ3n) is 8.16. The number of hydrogen-bond donors (Lipinski definition) is 1. The smallest absolute Gasteiger partial charge is 0.255 e. The number of hydrogen-bond acceptors (Lipinski definition) is 4. The molecular formula is C28H36ClN3O2. The molecule has 2 aromatic carbocycles. The number of benzene rings is 2. The molecule has 0 radical (unpaired) electrons. The van der Waals surface area contributed by atoms with Gasteiger partial charge in [0.1, 0.15) is 5.75 Å². The highest BCUT2D eigenvalue weighted by Crippen LogP contribution is 2.65. The normalized spacial score (nSPS) is 22.8. The molecule has 182 valence electrons. The Balaban J connectivity index is 1.11. The number of nitrogen functional groups attached to an aromatic ring is 1. The minimum atomic E-state index is -0.000943. The van der Waals surface area contributed by atoms with Gasteiger partial charge in [0, 0.05) is 19.1 Å². The molecule has 2 N–H and O–H groups in total. The van der Waals surface area contributed by atoms with Crippen LogP contribution in [-0.4, -0.2) is 54.0 Å². The molecular weight excluding hydrogens is 446 g/mol. The van der Waals surface area contributed by atoms with Crippen LogP contribution in [0.4, 0.5) is 5.69 Å². The monoisotopic (exact) mass is 481 g/mol. The SMILES string of the molecule is CC(C)Oc1ccc(C2CC23CCN(C2CCN(C(=O)c4cccc(N)c4Cl)CC2)CC3)cc1. The first-order valence-electron chi connectivity index (χ1n) is 12.7. The summed E-state index contributed by atoms with van der Waals surface area (Å²) in [5, 5.41) is 0.372. The second kappa shape index (κ2) is 9.43. The number of anilines is 1. The fourth-order valence-electron chi connectivity index (χ4n) is 6.08. The molecule has 1 unspecified atom stereocenters. The molecule has 0 aromatic heterocycles. The molecule has 1 spiro atoms. The Morgan fingerprint density at radius 3 is 2.38 bits per heavy atom. The van der Waals surface area contributed by atoms with Gasteiger partial charge in [0.05, 0.1) is 22.4 Å². The summed E-state index contributed by atoms with van der Waals surface area (Å²) in [5.74, 6) is 1.66. The van der Waals surface area contributed by atoms with Crippen LogP contribution >= 0.6 is 11.6 Å². The molecule has 2 saturated heterocycles. The molecule has 1 aliphatic carbocycles. The van der Waals surface area contributed by atoms with Crippen molar-refractivity contribution in [2.75, 3.05) is 31.9 Å². The van der Waals surface area contributed by atoms with Crippen LogP contribution in [0.2, 0.25) is 5.02 Å². The Labute approximate surface area is 208 Å². The van der Waals surface area contributed by atoms with Crippen LogP contribution in [0.1, 0.15) is 67.8 Å². The number of halogens is 1. The summed E-state index contributed by atoms with van der Waals surface area (Å²) in [6.45, 7) is 8.03. The van der Waals surface area contributed by atoms with Crippen LogP contribution in [0.15, 0.2) is 42.5 Å². The van der Waals surface area contributed by atoms with Gasteiger partial charge in [-0.15, -0.1) is 0 Å². The summed E-state index contributed by atoms with van der Waals surface area (Å²) in [6.07, 6.45) is 6.14. The third-order valence-corrected chi connectivity index (χ3v) is 8.59. The van der Waals surface area contributed by atoms with Crippen LogP contribution in [0.5, 0.6) is 5.75 Å². The molecule has 2 aromatic rings. The molecule has 5 nitrogen and oxygen atoms in total. The average molecular weight is 482 g/mol. The van der Waals surface area contributed by atoms with Crippen molar-refractivity contribution in [3.8, 4) is 5.75 Å². The minimum absolute atomic E-state index is 0.000943. The fraction of sp³-hybridized carbons (Fsp3) is 0.536. The van der Waals surface area contributed by atoms with Gasteiger partial charge in [-0.25, -0.2) is 0 Å². The molecule has 3 aliphatic rings. The maximum Gasteiger partial charge on any atom is 0.255 e. The zero-order valence-corrected chi connectivity index (χ0v) is 21.1. The van der Waals surface area contributed by atoms with E-state index in [1.807, 2.05) is 4.90 Å².